The lowest BCUT2D eigenvalue weighted by atomic mass is 10.1. The number of carbonyl (C=O) groups excluding carboxylic acids is 1. The van der Waals surface area contributed by atoms with Gasteiger partial charge in [0.1, 0.15) is 11.5 Å². The van der Waals surface area contributed by atoms with Gasteiger partial charge in [0.15, 0.2) is 0 Å². The molecule has 26 heavy (non-hydrogen) atoms. The highest BCUT2D eigenvalue weighted by Gasteiger charge is 2.13. The Kier molecular flexibility index (Phi) is 5.74. The first kappa shape index (κ1) is 17.8. The summed E-state index contributed by atoms with van der Waals surface area (Å²) in [5.41, 5.74) is 3.38. The number of fused-ring (bicyclic) bond motifs is 1. The van der Waals surface area contributed by atoms with E-state index >= 15 is 0 Å². The maximum Gasteiger partial charge on any atom is 0.255 e. The van der Waals surface area contributed by atoms with Crippen molar-refractivity contribution in [2.75, 3.05) is 12.4 Å². The van der Waals surface area contributed by atoms with Gasteiger partial charge in [0, 0.05) is 16.8 Å². The van der Waals surface area contributed by atoms with E-state index in [4.69, 9.17) is 9.47 Å². The van der Waals surface area contributed by atoms with Crippen molar-refractivity contribution in [3.8, 4) is 11.5 Å². The van der Waals surface area contributed by atoms with Crippen LogP contribution in [0.1, 0.15) is 30.9 Å². The van der Waals surface area contributed by atoms with Crippen molar-refractivity contribution in [3.05, 3.63) is 71.5 Å². The standard InChI is InChI=1S/C22H23NO3/c1-3-4-5-16-6-8-19(9-7-16)23-22(24)17-12-13-26-21-11-10-20(25-2)15-18(21)14-17/h6-15H,3-5H2,1-2H3,(H,23,24). The summed E-state index contributed by atoms with van der Waals surface area (Å²) in [6.45, 7) is 2.18. The third kappa shape index (κ3) is 4.33. The first-order chi connectivity index (χ1) is 12.7. The number of hydrogen-bond acceptors (Lipinski definition) is 3. The molecule has 1 N–H and O–H groups in total. The van der Waals surface area contributed by atoms with Crippen LogP contribution in [0.3, 0.4) is 0 Å². The summed E-state index contributed by atoms with van der Waals surface area (Å²) in [6, 6.07) is 13.5. The van der Waals surface area contributed by atoms with Gasteiger partial charge in [-0.1, -0.05) is 25.5 Å². The molecule has 0 radical (unpaired) electrons. The van der Waals surface area contributed by atoms with Crippen molar-refractivity contribution in [2.45, 2.75) is 26.2 Å². The fourth-order valence-corrected chi connectivity index (χ4v) is 2.75. The lowest BCUT2D eigenvalue weighted by Crippen LogP contribution is -2.13. The van der Waals surface area contributed by atoms with E-state index in [1.54, 1.807) is 19.3 Å². The van der Waals surface area contributed by atoms with E-state index < -0.39 is 0 Å². The summed E-state index contributed by atoms with van der Waals surface area (Å²) in [5, 5.41) is 2.94. The SMILES string of the molecule is CCCCc1ccc(NC(=O)C2=Cc3cc(OC)ccc3OC=C2)cc1. The van der Waals surface area contributed by atoms with Crippen molar-refractivity contribution in [1.29, 1.82) is 0 Å². The Bertz CT molecular complexity index is 835. The minimum atomic E-state index is -0.179. The molecular weight excluding hydrogens is 326 g/mol. The van der Waals surface area contributed by atoms with Gasteiger partial charge < -0.3 is 14.8 Å². The molecule has 4 nitrogen and oxygen atoms in total. The number of anilines is 1. The fraction of sp³-hybridized carbons (Fsp3) is 0.227. The van der Waals surface area contributed by atoms with Crippen LogP contribution >= 0.6 is 0 Å². The third-order valence-corrected chi connectivity index (χ3v) is 4.26. The van der Waals surface area contributed by atoms with Crippen LogP contribution in [0.2, 0.25) is 0 Å². The van der Waals surface area contributed by atoms with Crippen LogP contribution in [0.25, 0.3) is 6.08 Å². The molecule has 1 heterocycles. The molecule has 0 unspecified atom stereocenters. The van der Waals surface area contributed by atoms with Gasteiger partial charge in [0.05, 0.1) is 13.4 Å². The van der Waals surface area contributed by atoms with E-state index in [1.807, 2.05) is 30.3 Å². The highest BCUT2D eigenvalue weighted by Crippen LogP contribution is 2.29. The Hall–Kier alpha value is -3.01. The van der Waals surface area contributed by atoms with Crippen LogP contribution < -0.4 is 14.8 Å². The third-order valence-electron chi connectivity index (χ3n) is 4.26. The number of unbranched alkanes of at least 4 members (excludes halogenated alkanes) is 1. The van der Waals surface area contributed by atoms with Gasteiger partial charge in [-0.15, -0.1) is 0 Å². The Balaban J connectivity index is 1.75. The molecule has 0 aromatic heterocycles. The van der Waals surface area contributed by atoms with Gasteiger partial charge in [-0.05, 0) is 60.9 Å². The van der Waals surface area contributed by atoms with Crippen molar-refractivity contribution in [2.24, 2.45) is 0 Å². The van der Waals surface area contributed by atoms with E-state index in [9.17, 15) is 4.79 Å². The Morgan fingerprint density at radius 1 is 1.15 bits per heavy atom. The van der Waals surface area contributed by atoms with Gasteiger partial charge in [-0.25, -0.2) is 0 Å². The quantitative estimate of drug-likeness (QED) is 0.801. The average Bonchev–Trinajstić information content (AvgIpc) is 2.89. The monoisotopic (exact) mass is 349 g/mol. The first-order valence-electron chi connectivity index (χ1n) is 8.83. The minimum absolute atomic E-state index is 0.179. The van der Waals surface area contributed by atoms with Crippen LogP contribution in [0.15, 0.2) is 60.4 Å². The second kappa shape index (κ2) is 8.39. The summed E-state index contributed by atoms with van der Waals surface area (Å²) in [6.07, 6.45) is 8.40. The maximum atomic E-state index is 12.6. The smallest absolute Gasteiger partial charge is 0.255 e. The molecule has 1 aliphatic heterocycles. The second-order valence-electron chi connectivity index (χ2n) is 6.18. The number of nitrogens with one attached hydrogen (secondary N) is 1. The van der Waals surface area contributed by atoms with Crippen molar-refractivity contribution < 1.29 is 14.3 Å². The number of methoxy groups -OCH3 is 1. The van der Waals surface area contributed by atoms with Gasteiger partial charge in [0.2, 0.25) is 0 Å². The normalized spacial score (nSPS) is 12.5. The van der Waals surface area contributed by atoms with E-state index in [0.717, 1.165) is 17.7 Å². The fourth-order valence-electron chi connectivity index (χ4n) is 2.75. The van der Waals surface area contributed by atoms with Crippen LogP contribution in [-0.4, -0.2) is 13.0 Å². The predicted molar refractivity (Wildman–Crippen MR) is 104 cm³/mol. The molecule has 0 atom stereocenters. The molecule has 1 aliphatic rings. The molecule has 134 valence electrons. The number of amides is 1. The molecule has 0 saturated carbocycles. The van der Waals surface area contributed by atoms with Crippen molar-refractivity contribution in [1.82, 2.24) is 0 Å². The van der Waals surface area contributed by atoms with E-state index in [2.05, 4.69) is 24.4 Å². The Morgan fingerprint density at radius 3 is 2.69 bits per heavy atom. The number of ether oxygens (including phenoxy) is 2. The summed E-state index contributed by atoms with van der Waals surface area (Å²) in [5.74, 6) is 1.22. The van der Waals surface area contributed by atoms with Gasteiger partial charge in [-0.2, -0.15) is 0 Å². The largest absolute Gasteiger partial charge is 0.497 e. The number of aryl methyl sites for hydroxylation is 1. The highest BCUT2D eigenvalue weighted by molar-refractivity contribution is 6.09. The van der Waals surface area contributed by atoms with Crippen LogP contribution in [0, 0.1) is 0 Å². The lowest BCUT2D eigenvalue weighted by Gasteiger charge is -2.08. The average molecular weight is 349 g/mol. The predicted octanol–water partition coefficient (Wildman–Crippen LogP) is 4.97. The maximum absolute atomic E-state index is 12.6. The first-order valence-corrected chi connectivity index (χ1v) is 8.83. The van der Waals surface area contributed by atoms with Crippen LogP contribution in [0.4, 0.5) is 5.69 Å². The molecule has 0 fully saturated rings. The summed E-state index contributed by atoms with van der Waals surface area (Å²) in [4.78, 5) is 12.6. The zero-order valence-corrected chi connectivity index (χ0v) is 15.1. The molecule has 3 rings (SSSR count). The zero-order valence-electron chi connectivity index (χ0n) is 15.1. The molecule has 2 aromatic carbocycles. The molecule has 2 aromatic rings. The molecule has 1 amide bonds. The summed E-state index contributed by atoms with van der Waals surface area (Å²) in [7, 11) is 1.61. The summed E-state index contributed by atoms with van der Waals surface area (Å²) < 4.78 is 10.8. The minimum Gasteiger partial charge on any atom is -0.497 e. The second-order valence-corrected chi connectivity index (χ2v) is 6.18. The Labute approximate surface area is 154 Å². The van der Waals surface area contributed by atoms with Crippen LogP contribution in [0.5, 0.6) is 11.5 Å². The molecule has 0 saturated heterocycles. The topological polar surface area (TPSA) is 47.6 Å². The van der Waals surface area contributed by atoms with E-state index in [-0.39, 0.29) is 5.91 Å². The number of benzene rings is 2. The molecule has 0 spiro atoms. The summed E-state index contributed by atoms with van der Waals surface area (Å²) >= 11 is 0. The van der Waals surface area contributed by atoms with Gasteiger partial charge in [0.25, 0.3) is 5.91 Å². The number of rotatable bonds is 6. The Morgan fingerprint density at radius 2 is 1.96 bits per heavy atom. The molecule has 0 aliphatic carbocycles. The molecule has 0 bridgehead atoms. The van der Waals surface area contributed by atoms with E-state index in [0.29, 0.717) is 17.1 Å². The van der Waals surface area contributed by atoms with Crippen molar-refractivity contribution >= 4 is 17.7 Å². The van der Waals surface area contributed by atoms with Crippen LogP contribution in [-0.2, 0) is 11.2 Å². The highest BCUT2D eigenvalue weighted by atomic mass is 16.5. The lowest BCUT2D eigenvalue weighted by molar-refractivity contribution is -0.112. The van der Waals surface area contributed by atoms with Gasteiger partial charge >= 0.3 is 0 Å². The van der Waals surface area contributed by atoms with E-state index in [1.165, 1.54) is 24.7 Å². The number of carbonyl (C=O) groups is 1. The molecular formula is C22H23NO3. The number of hydrogen-bond donors (Lipinski definition) is 1. The van der Waals surface area contributed by atoms with Gasteiger partial charge in [-0.3, -0.25) is 4.79 Å². The zero-order chi connectivity index (χ0) is 18.4. The van der Waals surface area contributed by atoms with Crippen molar-refractivity contribution in [3.63, 3.8) is 0 Å². The molecule has 4 heteroatoms.